The van der Waals surface area contributed by atoms with Crippen molar-refractivity contribution in [3.63, 3.8) is 0 Å². The minimum absolute atomic E-state index is 0.101. The van der Waals surface area contributed by atoms with E-state index in [2.05, 4.69) is 0 Å². The average molecular weight is 499 g/mol. The zero-order chi connectivity index (χ0) is 22.0. The molecule has 0 fully saturated rings. The molecule has 1 aliphatic heterocycles. The van der Waals surface area contributed by atoms with Gasteiger partial charge in [-0.25, -0.2) is 0 Å². The molecule has 1 unspecified atom stereocenters. The molecule has 5 heteroatoms. The Bertz CT molecular complexity index is 1110. The average Bonchev–Trinajstić information content (AvgIpc) is 2.96. The van der Waals surface area contributed by atoms with Crippen LogP contribution in [-0.2, 0) is 11.3 Å². The van der Waals surface area contributed by atoms with E-state index in [4.69, 9.17) is 11.6 Å². The molecule has 3 aromatic rings. The molecule has 0 aliphatic carbocycles. The van der Waals surface area contributed by atoms with E-state index in [-0.39, 0.29) is 26.7 Å². The van der Waals surface area contributed by atoms with Gasteiger partial charge in [0.25, 0.3) is 0 Å². The van der Waals surface area contributed by atoms with Gasteiger partial charge >= 0.3 is 194 Å². The third-order valence-electron chi connectivity index (χ3n) is 5.81. The first-order valence-corrected chi connectivity index (χ1v) is 12.5. The summed E-state index contributed by atoms with van der Waals surface area (Å²) in [7, 11) is 0. The van der Waals surface area contributed by atoms with Crippen LogP contribution in [0.4, 0.5) is 4.39 Å². The number of hydrogen-bond donors (Lipinski definition) is 0. The van der Waals surface area contributed by atoms with E-state index in [0.717, 1.165) is 27.7 Å². The Hall–Kier alpha value is -2.39. The van der Waals surface area contributed by atoms with E-state index in [1.807, 2.05) is 73.3 Å². The van der Waals surface area contributed by atoms with Gasteiger partial charge < -0.3 is 0 Å². The summed E-state index contributed by atoms with van der Waals surface area (Å²) in [6.07, 6.45) is 0. The van der Waals surface area contributed by atoms with Crippen molar-refractivity contribution < 1.29 is 9.18 Å². The molecule has 0 saturated heterocycles. The van der Waals surface area contributed by atoms with Crippen LogP contribution in [0, 0.1) is 11.2 Å². The second-order valence-corrected chi connectivity index (χ2v) is 10.6. The van der Waals surface area contributed by atoms with Crippen molar-refractivity contribution in [3.8, 4) is 0 Å². The predicted molar refractivity (Wildman–Crippen MR) is 126 cm³/mol. The third kappa shape index (κ3) is 4.48. The summed E-state index contributed by atoms with van der Waals surface area (Å²) in [5.41, 5.74) is 3.26. The molecule has 1 amide bonds. The van der Waals surface area contributed by atoms with E-state index in [0.29, 0.717) is 11.6 Å². The first-order chi connectivity index (χ1) is 14.9. The first-order valence-electron chi connectivity index (χ1n) is 10.1. The van der Waals surface area contributed by atoms with Gasteiger partial charge in [0, 0.05) is 0 Å². The first kappa shape index (κ1) is 21.8. The number of halogens is 2. The van der Waals surface area contributed by atoms with Crippen LogP contribution in [0.3, 0.4) is 0 Å². The Morgan fingerprint density at radius 2 is 1.61 bits per heavy atom. The van der Waals surface area contributed by atoms with Crippen LogP contribution in [-0.4, -0.2) is 25.8 Å². The van der Waals surface area contributed by atoms with Gasteiger partial charge in [-0.15, -0.1) is 0 Å². The van der Waals surface area contributed by atoms with Crippen molar-refractivity contribution in [2.24, 2.45) is 5.41 Å². The maximum atomic E-state index is 13.8. The Labute approximate surface area is 193 Å². The Kier molecular flexibility index (Phi) is 6.34. The molecule has 3 aromatic carbocycles. The normalized spacial score (nSPS) is 18.7. The number of nitrogens with zero attached hydrogens (tertiary/aromatic N) is 1. The fourth-order valence-corrected chi connectivity index (χ4v) is 6.33. The van der Waals surface area contributed by atoms with E-state index < -0.39 is 5.41 Å². The molecule has 158 valence electrons. The zero-order valence-corrected chi connectivity index (χ0v) is 19.9. The van der Waals surface area contributed by atoms with Gasteiger partial charge in [0.2, 0.25) is 0 Å². The molecular weight excluding hydrogens is 476 g/mol. The SMILES string of the molecule is CC1=C(c2ccc(F)cc2)N(Cc2ccccc2)C(=O)C1(C)C[Se]c1ccc(Cl)cc1. The van der Waals surface area contributed by atoms with Crippen LogP contribution in [0.25, 0.3) is 5.70 Å². The summed E-state index contributed by atoms with van der Waals surface area (Å²) in [6, 6.07) is 24.3. The summed E-state index contributed by atoms with van der Waals surface area (Å²) in [6.45, 7) is 4.57. The third-order valence-corrected chi connectivity index (χ3v) is 8.85. The van der Waals surface area contributed by atoms with E-state index in [1.54, 1.807) is 12.1 Å². The molecule has 1 heterocycles. The van der Waals surface area contributed by atoms with Crippen LogP contribution in [0.15, 0.2) is 84.4 Å². The topological polar surface area (TPSA) is 20.3 Å². The Morgan fingerprint density at radius 1 is 0.968 bits per heavy atom. The molecule has 0 radical (unpaired) electrons. The molecule has 4 rings (SSSR count). The number of benzene rings is 3. The summed E-state index contributed by atoms with van der Waals surface area (Å²) in [5, 5.41) is 1.47. The fourth-order valence-electron chi connectivity index (χ4n) is 3.85. The summed E-state index contributed by atoms with van der Waals surface area (Å²) in [5.74, 6) is -0.182. The molecular formula is C26H23ClFNOSe. The van der Waals surface area contributed by atoms with E-state index >= 15 is 0 Å². The van der Waals surface area contributed by atoms with Gasteiger partial charge in [-0.05, 0) is 0 Å². The predicted octanol–water partition coefficient (Wildman–Crippen LogP) is 5.71. The van der Waals surface area contributed by atoms with Gasteiger partial charge in [0.15, 0.2) is 0 Å². The number of carbonyl (C=O) groups is 1. The molecule has 0 spiro atoms. The van der Waals surface area contributed by atoms with Crippen LogP contribution in [0.5, 0.6) is 0 Å². The van der Waals surface area contributed by atoms with Crippen molar-refractivity contribution in [2.75, 3.05) is 0 Å². The van der Waals surface area contributed by atoms with Crippen molar-refractivity contribution in [1.29, 1.82) is 0 Å². The van der Waals surface area contributed by atoms with Gasteiger partial charge in [0.1, 0.15) is 0 Å². The van der Waals surface area contributed by atoms with Crippen LogP contribution in [0.1, 0.15) is 25.0 Å². The van der Waals surface area contributed by atoms with Crippen LogP contribution in [0.2, 0.25) is 10.3 Å². The van der Waals surface area contributed by atoms with Gasteiger partial charge in [-0.1, -0.05) is 0 Å². The fraction of sp³-hybridized carbons (Fsp3) is 0.192. The van der Waals surface area contributed by atoms with Crippen molar-refractivity contribution >= 4 is 42.6 Å². The van der Waals surface area contributed by atoms with Gasteiger partial charge in [-0.2, -0.15) is 0 Å². The van der Waals surface area contributed by atoms with Crippen molar-refractivity contribution in [1.82, 2.24) is 4.90 Å². The van der Waals surface area contributed by atoms with Crippen LogP contribution < -0.4 is 4.46 Å². The molecule has 0 N–H and O–H groups in total. The molecule has 0 aromatic heterocycles. The maximum absolute atomic E-state index is 13.8. The molecule has 1 atom stereocenters. The number of hydrogen-bond acceptors (Lipinski definition) is 1. The zero-order valence-electron chi connectivity index (χ0n) is 17.4. The summed E-state index contributed by atoms with van der Waals surface area (Å²) < 4.78 is 14.8. The molecule has 1 aliphatic rings. The second kappa shape index (κ2) is 9.00. The van der Waals surface area contributed by atoms with Crippen molar-refractivity contribution in [3.05, 3.63) is 106 Å². The Balaban J connectivity index is 1.70. The second-order valence-electron chi connectivity index (χ2n) is 7.93. The number of amides is 1. The monoisotopic (exact) mass is 499 g/mol. The minimum atomic E-state index is -0.599. The van der Waals surface area contributed by atoms with Crippen molar-refractivity contribution in [2.45, 2.75) is 25.7 Å². The van der Waals surface area contributed by atoms with E-state index in [9.17, 15) is 9.18 Å². The number of carbonyl (C=O) groups excluding carboxylic acids is 1. The van der Waals surface area contributed by atoms with Crippen LogP contribution >= 0.6 is 11.6 Å². The molecule has 0 bridgehead atoms. The summed E-state index contributed by atoms with van der Waals surface area (Å²) in [4.78, 5) is 15.6. The van der Waals surface area contributed by atoms with E-state index in [1.165, 1.54) is 16.6 Å². The Morgan fingerprint density at radius 3 is 2.26 bits per heavy atom. The quantitative estimate of drug-likeness (QED) is 0.399. The number of rotatable bonds is 6. The van der Waals surface area contributed by atoms with Gasteiger partial charge in [0.05, 0.1) is 0 Å². The standard InChI is InChI=1S/C26H23ClFNOSe/c1-18-24(20-8-12-22(28)13-9-20)29(16-19-6-4-3-5-7-19)25(30)26(18,2)17-31-23-14-10-21(27)11-15-23/h3-15H,16-17H2,1-2H3. The summed E-state index contributed by atoms with van der Waals surface area (Å²) >= 11 is 6.14. The molecule has 31 heavy (non-hydrogen) atoms. The van der Waals surface area contributed by atoms with Gasteiger partial charge in [-0.3, -0.25) is 0 Å². The molecule has 2 nitrogen and oxygen atoms in total. The molecule has 0 saturated carbocycles.